The first kappa shape index (κ1) is 16.6. The van der Waals surface area contributed by atoms with E-state index in [-0.39, 0.29) is 5.82 Å². The number of hydrogen-bond donors (Lipinski definition) is 1. The Morgan fingerprint density at radius 1 is 1.10 bits per heavy atom. The SMILES string of the molecule is CC(C)=CCC/C(C)=C/CNCCc1ccc(F)cc1. The van der Waals surface area contributed by atoms with Crippen molar-refractivity contribution in [1.29, 1.82) is 0 Å². The fourth-order valence-corrected chi connectivity index (χ4v) is 1.92. The number of allylic oxidation sites excluding steroid dienone is 3. The molecule has 0 bridgehead atoms. The molecule has 0 aliphatic carbocycles. The van der Waals surface area contributed by atoms with Crippen LogP contribution in [0, 0.1) is 5.82 Å². The molecule has 0 fully saturated rings. The molecule has 1 rings (SSSR count). The highest BCUT2D eigenvalue weighted by atomic mass is 19.1. The standard InChI is InChI=1S/C18H26FN/c1-15(2)5-4-6-16(3)11-13-20-14-12-17-7-9-18(19)10-8-17/h5,7-11,20H,4,6,12-14H2,1-3H3/b16-11+. The van der Waals surface area contributed by atoms with Gasteiger partial charge in [-0.1, -0.05) is 35.4 Å². The van der Waals surface area contributed by atoms with Gasteiger partial charge in [0.15, 0.2) is 0 Å². The lowest BCUT2D eigenvalue weighted by Crippen LogP contribution is -2.17. The predicted molar refractivity (Wildman–Crippen MR) is 85.4 cm³/mol. The van der Waals surface area contributed by atoms with Crippen LogP contribution < -0.4 is 5.32 Å². The lowest BCUT2D eigenvalue weighted by Gasteiger charge is -2.04. The lowest BCUT2D eigenvalue weighted by molar-refractivity contribution is 0.626. The van der Waals surface area contributed by atoms with E-state index in [9.17, 15) is 4.39 Å². The average molecular weight is 275 g/mol. The minimum atomic E-state index is -0.170. The van der Waals surface area contributed by atoms with Crippen LogP contribution in [0.4, 0.5) is 4.39 Å². The van der Waals surface area contributed by atoms with E-state index in [2.05, 4.69) is 38.2 Å². The molecule has 0 aromatic heterocycles. The first-order valence-electron chi connectivity index (χ1n) is 7.32. The fraction of sp³-hybridized carbons (Fsp3) is 0.444. The summed E-state index contributed by atoms with van der Waals surface area (Å²) in [5.41, 5.74) is 3.98. The summed E-state index contributed by atoms with van der Waals surface area (Å²) in [6.07, 6.45) is 7.72. The van der Waals surface area contributed by atoms with Gasteiger partial charge in [-0.25, -0.2) is 4.39 Å². The van der Waals surface area contributed by atoms with Crippen LogP contribution in [0.15, 0.2) is 47.6 Å². The smallest absolute Gasteiger partial charge is 0.123 e. The second-order valence-corrected chi connectivity index (χ2v) is 5.45. The molecule has 20 heavy (non-hydrogen) atoms. The van der Waals surface area contributed by atoms with E-state index in [1.165, 1.54) is 28.8 Å². The van der Waals surface area contributed by atoms with Gasteiger partial charge in [-0.05, 0) is 64.3 Å². The summed E-state index contributed by atoms with van der Waals surface area (Å²) in [5.74, 6) is -0.170. The van der Waals surface area contributed by atoms with Crippen molar-refractivity contribution in [3.8, 4) is 0 Å². The van der Waals surface area contributed by atoms with Crippen molar-refractivity contribution in [3.63, 3.8) is 0 Å². The summed E-state index contributed by atoms with van der Waals surface area (Å²) in [4.78, 5) is 0. The van der Waals surface area contributed by atoms with Gasteiger partial charge in [-0.3, -0.25) is 0 Å². The Morgan fingerprint density at radius 2 is 1.80 bits per heavy atom. The summed E-state index contributed by atoms with van der Waals surface area (Å²) < 4.78 is 12.7. The molecule has 0 atom stereocenters. The van der Waals surface area contributed by atoms with Crippen LogP contribution in [0.3, 0.4) is 0 Å². The zero-order valence-electron chi connectivity index (χ0n) is 12.9. The van der Waals surface area contributed by atoms with Gasteiger partial charge >= 0.3 is 0 Å². The van der Waals surface area contributed by atoms with E-state index in [0.717, 1.165) is 32.4 Å². The van der Waals surface area contributed by atoms with Crippen LogP contribution >= 0.6 is 0 Å². The molecule has 1 N–H and O–H groups in total. The van der Waals surface area contributed by atoms with Crippen molar-refractivity contribution >= 4 is 0 Å². The Bertz CT molecular complexity index is 439. The molecule has 0 heterocycles. The van der Waals surface area contributed by atoms with Gasteiger partial charge in [0.1, 0.15) is 5.82 Å². The normalized spacial score (nSPS) is 11.5. The molecule has 0 radical (unpaired) electrons. The van der Waals surface area contributed by atoms with Crippen molar-refractivity contribution in [2.75, 3.05) is 13.1 Å². The Morgan fingerprint density at radius 3 is 2.45 bits per heavy atom. The molecule has 0 saturated heterocycles. The van der Waals surface area contributed by atoms with Crippen LogP contribution in [-0.2, 0) is 6.42 Å². The molecule has 0 saturated carbocycles. The Hall–Kier alpha value is -1.41. The zero-order valence-corrected chi connectivity index (χ0v) is 12.9. The summed E-state index contributed by atoms with van der Waals surface area (Å²) in [6, 6.07) is 6.72. The molecular weight excluding hydrogens is 249 g/mol. The van der Waals surface area contributed by atoms with Gasteiger partial charge in [0.2, 0.25) is 0 Å². The number of nitrogens with one attached hydrogen (secondary N) is 1. The Balaban J connectivity index is 2.14. The maximum absolute atomic E-state index is 12.7. The van der Waals surface area contributed by atoms with Crippen LogP contribution in [0.1, 0.15) is 39.2 Å². The fourth-order valence-electron chi connectivity index (χ4n) is 1.92. The minimum Gasteiger partial charge on any atom is -0.313 e. The number of halogens is 1. The highest BCUT2D eigenvalue weighted by Crippen LogP contribution is 2.06. The van der Waals surface area contributed by atoms with Crippen LogP contribution in [0.25, 0.3) is 0 Å². The molecule has 0 amide bonds. The summed E-state index contributed by atoms with van der Waals surface area (Å²) in [7, 11) is 0. The third kappa shape index (κ3) is 7.90. The molecule has 0 spiro atoms. The second-order valence-electron chi connectivity index (χ2n) is 5.45. The highest BCUT2D eigenvalue weighted by Gasteiger charge is 1.94. The van der Waals surface area contributed by atoms with Gasteiger partial charge in [0, 0.05) is 6.54 Å². The van der Waals surface area contributed by atoms with Gasteiger partial charge in [-0.2, -0.15) is 0 Å². The monoisotopic (exact) mass is 275 g/mol. The lowest BCUT2D eigenvalue weighted by atomic mass is 10.1. The Labute approximate surface area is 122 Å². The first-order valence-corrected chi connectivity index (χ1v) is 7.32. The van der Waals surface area contributed by atoms with Crippen molar-refractivity contribution in [1.82, 2.24) is 5.32 Å². The van der Waals surface area contributed by atoms with Gasteiger partial charge in [0.05, 0.1) is 0 Å². The zero-order chi connectivity index (χ0) is 14.8. The predicted octanol–water partition coefficient (Wildman–Crippen LogP) is 4.65. The maximum atomic E-state index is 12.7. The molecule has 0 aliphatic rings. The molecule has 0 unspecified atom stereocenters. The third-order valence-corrected chi connectivity index (χ3v) is 3.19. The van der Waals surface area contributed by atoms with E-state index < -0.39 is 0 Å². The maximum Gasteiger partial charge on any atom is 0.123 e. The molecule has 1 aromatic carbocycles. The van der Waals surface area contributed by atoms with Crippen LogP contribution in [0.2, 0.25) is 0 Å². The largest absolute Gasteiger partial charge is 0.313 e. The van der Waals surface area contributed by atoms with Crippen LogP contribution in [-0.4, -0.2) is 13.1 Å². The molecule has 110 valence electrons. The van der Waals surface area contributed by atoms with E-state index >= 15 is 0 Å². The first-order chi connectivity index (χ1) is 9.58. The van der Waals surface area contributed by atoms with Crippen LogP contribution in [0.5, 0.6) is 0 Å². The van der Waals surface area contributed by atoms with Gasteiger partial charge in [-0.15, -0.1) is 0 Å². The van der Waals surface area contributed by atoms with Crippen molar-refractivity contribution in [3.05, 3.63) is 58.9 Å². The van der Waals surface area contributed by atoms with E-state index in [1.54, 1.807) is 0 Å². The topological polar surface area (TPSA) is 12.0 Å². The molecular formula is C18H26FN. The second kappa shape index (κ2) is 9.49. The Kier molecular flexibility index (Phi) is 7.89. The molecule has 0 aliphatic heterocycles. The van der Waals surface area contributed by atoms with Crippen molar-refractivity contribution in [2.24, 2.45) is 0 Å². The quantitative estimate of drug-likeness (QED) is 0.538. The van der Waals surface area contributed by atoms with Crippen molar-refractivity contribution in [2.45, 2.75) is 40.0 Å². The summed E-state index contributed by atoms with van der Waals surface area (Å²) in [5, 5.41) is 3.39. The average Bonchev–Trinajstić information content (AvgIpc) is 2.40. The van der Waals surface area contributed by atoms with E-state index in [0.29, 0.717) is 0 Å². The minimum absolute atomic E-state index is 0.170. The van der Waals surface area contributed by atoms with Crippen molar-refractivity contribution < 1.29 is 4.39 Å². The van der Waals surface area contributed by atoms with E-state index in [4.69, 9.17) is 0 Å². The number of hydrogen-bond acceptors (Lipinski definition) is 1. The molecule has 1 aromatic rings. The third-order valence-electron chi connectivity index (χ3n) is 3.19. The van der Waals surface area contributed by atoms with Gasteiger partial charge in [0.25, 0.3) is 0 Å². The highest BCUT2D eigenvalue weighted by molar-refractivity contribution is 5.16. The number of benzene rings is 1. The summed E-state index contributed by atoms with van der Waals surface area (Å²) >= 11 is 0. The van der Waals surface area contributed by atoms with E-state index in [1.807, 2.05) is 12.1 Å². The molecule has 2 heteroatoms. The summed E-state index contributed by atoms with van der Waals surface area (Å²) in [6.45, 7) is 8.28. The molecule has 1 nitrogen and oxygen atoms in total. The van der Waals surface area contributed by atoms with Gasteiger partial charge < -0.3 is 5.32 Å². The number of rotatable bonds is 8.